The van der Waals surface area contributed by atoms with E-state index in [2.05, 4.69) is 9.97 Å². The number of nitrogens with zero attached hydrogens (tertiary/aromatic N) is 2. The van der Waals surface area contributed by atoms with E-state index in [9.17, 15) is 14.7 Å². The maximum Gasteiger partial charge on any atom is 0.328 e. The van der Waals surface area contributed by atoms with Crippen LogP contribution in [-0.2, 0) is 9.59 Å². The predicted octanol–water partition coefficient (Wildman–Crippen LogP) is 2.89. The van der Waals surface area contributed by atoms with Crippen molar-refractivity contribution in [3.8, 4) is 29.3 Å². The minimum Gasteiger partial charge on any atom is -0.506 e. The number of aliphatic hydroxyl groups is 1. The Balaban J connectivity index is 2.13. The maximum absolute atomic E-state index is 12.2. The lowest BCUT2D eigenvalue weighted by Crippen LogP contribution is -2.20. The summed E-state index contributed by atoms with van der Waals surface area (Å²) in [6.45, 7) is 0. The molecule has 29 heavy (non-hydrogen) atoms. The van der Waals surface area contributed by atoms with Crippen LogP contribution in [0.25, 0.3) is 5.76 Å². The number of allylic oxidation sites excluding steroid dienone is 1. The van der Waals surface area contributed by atoms with Gasteiger partial charge in [0.2, 0.25) is 11.8 Å². The number of aromatic nitrogens is 2. The summed E-state index contributed by atoms with van der Waals surface area (Å²) in [5, 5.41) is 10.8. The summed E-state index contributed by atoms with van der Waals surface area (Å²) in [7, 11) is 4.27. The van der Waals surface area contributed by atoms with E-state index in [1.54, 1.807) is 12.1 Å². The Morgan fingerprint density at radius 3 is 2.14 bits per heavy atom. The number of rotatable bonds is 6. The van der Waals surface area contributed by atoms with E-state index in [1.807, 2.05) is 0 Å². The van der Waals surface area contributed by atoms with Crippen LogP contribution in [0.3, 0.4) is 0 Å². The Morgan fingerprint density at radius 2 is 1.59 bits per heavy atom. The molecule has 9 nitrogen and oxygen atoms in total. The normalized spacial score (nSPS) is 13.8. The van der Waals surface area contributed by atoms with Crippen molar-refractivity contribution in [2.45, 2.75) is 19.3 Å². The summed E-state index contributed by atoms with van der Waals surface area (Å²) in [5.74, 6) is -0.605. The van der Waals surface area contributed by atoms with Gasteiger partial charge in [0.15, 0.2) is 23.1 Å². The van der Waals surface area contributed by atoms with Crippen LogP contribution in [0, 0.1) is 0 Å². The molecule has 1 aliphatic carbocycles. The fourth-order valence-corrected chi connectivity index (χ4v) is 2.91. The van der Waals surface area contributed by atoms with E-state index >= 15 is 0 Å². The van der Waals surface area contributed by atoms with Crippen LogP contribution in [0.4, 0.5) is 0 Å². The van der Waals surface area contributed by atoms with E-state index in [0.29, 0.717) is 6.42 Å². The number of carbonyl (C=O) groups is 2. The molecule has 2 aromatic rings. The molecule has 1 N–H and O–H groups in total. The lowest BCUT2D eigenvalue weighted by atomic mass is 9.89. The maximum atomic E-state index is 12.2. The molecule has 9 heteroatoms. The number of aliphatic hydroxyl groups excluding tert-OH is 1. The Labute approximate surface area is 166 Å². The topological polar surface area (TPSA) is 117 Å². The van der Waals surface area contributed by atoms with E-state index in [4.69, 9.17) is 18.9 Å². The molecule has 152 valence electrons. The first-order valence-corrected chi connectivity index (χ1v) is 8.80. The molecule has 1 aromatic heterocycles. The first kappa shape index (κ1) is 20.1. The van der Waals surface area contributed by atoms with Crippen molar-refractivity contribution < 1.29 is 33.6 Å². The lowest BCUT2D eigenvalue weighted by molar-refractivity contribution is -0.123. The molecule has 1 heterocycles. The molecule has 3 rings (SSSR count). The summed E-state index contributed by atoms with van der Waals surface area (Å²) in [5.41, 5.74) is -0.133. The molecule has 0 aliphatic heterocycles. The van der Waals surface area contributed by atoms with Gasteiger partial charge in [-0.05, 0) is 18.6 Å². The summed E-state index contributed by atoms with van der Waals surface area (Å²) in [6.07, 6.45) is 0.857. The van der Waals surface area contributed by atoms with Crippen LogP contribution >= 0.6 is 0 Å². The third kappa shape index (κ3) is 4.13. The van der Waals surface area contributed by atoms with Crippen LogP contribution in [-0.4, -0.2) is 48.0 Å². The second-order valence-electron chi connectivity index (χ2n) is 6.10. The number of methoxy groups -OCH3 is 3. The molecule has 1 aliphatic rings. The largest absolute Gasteiger partial charge is 0.506 e. The summed E-state index contributed by atoms with van der Waals surface area (Å²) in [4.78, 5) is 32.7. The molecular formula is C20H20N2O7. The molecule has 0 spiro atoms. The van der Waals surface area contributed by atoms with Crippen molar-refractivity contribution in [3.05, 3.63) is 35.4 Å². The minimum absolute atomic E-state index is 0.0430. The average molecular weight is 400 g/mol. The number of benzene rings is 1. The third-order valence-electron chi connectivity index (χ3n) is 4.33. The zero-order chi connectivity index (χ0) is 21.0. The van der Waals surface area contributed by atoms with Gasteiger partial charge in [-0.2, -0.15) is 9.97 Å². The zero-order valence-electron chi connectivity index (χ0n) is 16.2. The molecule has 0 amide bonds. The van der Waals surface area contributed by atoms with Crippen molar-refractivity contribution in [3.63, 3.8) is 0 Å². The van der Waals surface area contributed by atoms with Crippen LogP contribution in [0.15, 0.2) is 29.8 Å². The average Bonchev–Trinajstić information content (AvgIpc) is 2.73. The SMILES string of the molecule is COc1cc(OC)nc(Oc2c(OC)cccc2C(O)=C2C(=O)CCCC2=O)n1. The van der Waals surface area contributed by atoms with E-state index in [-0.39, 0.29) is 53.2 Å². The van der Waals surface area contributed by atoms with Crippen LogP contribution in [0.1, 0.15) is 24.8 Å². The second kappa shape index (κ2) is 8.59. The molecule has 0 saturated heterocycles. The highest BCUT2D eigenvalue weighted by Crippen LogP contribution is 2.39. The van der Waals surface area contributed by atoms with E-state index in [0.717, 1.165) is 0 Å². The number of carbonyl (C=O) groups excluding carboxylic acids is 2. The van der Waals surface area contributed by atoms with Crippen molar-refractivity contribution >= 4 is 17.3 Å². The van der Waals surface area contributed by atoms with E-state index < -0.39 is 17.3 Å². The molecule has 1 saturated carbocycles. The molecule has 1 aromatic carbocycles. The predicted molar refractivity (Wildman–Crippen MR) is 102 cm³/mol. The number of ether oxygens (including phenoxy) is 4. The molecule has 0 bridgehead atoms. The van der Waals surface area contributed by atoms with Gasteiger partial charge >= 0.3 is 6.01 Å². The Hall–Kier alpha value is -3.62. The highest BCUT2D eigenvalue weighted by molar-refractivity contribution is 6.25. The Kier molecular flexibility index (Phi) is 5.96. The van der Waals surface area contributed by atoms with Gasteiger partial charge in [-0.25, -0.2) is 0 Å². The van der Waals surface area contributed by atoms with Gasteiger partial charge in [0.1, 0.15) is 11.3 Å². The van der Waals surface area contributed by atoms with Crippen LogP contribution in [0.2, 0.25) is 0 Å². The summed E-state index contributed by atoms with van der Waals surface area (Å²) >= 11 is 0. The van der Waals surface area contributed by atoms with Gasteiger partial charge < -0.3 is 24.1 Å². The molecule has 0 radical (unpaired) electrons. The molecule has 0 atom stereocenters. The van der Waals surface area contributed by atoms with Crippen molar-refractivity contribution in [2.75, 3.05) is 21.3 Å². The first-order chi connectivity index (χ1) is 14.0. The number of hydrogen-bond donors (Lipinski definition) is 1. The summed E-state index contributed by atoms with van der Waals surface area (Å²) in [6, 6.07) is 6.04. The smallest absolute Gasteiger partial charge is 0.328 e. The quantitative estimate of drug-likeness (QED) is 0.444. The number of ketones is 2. The van der Waals surface area contributed by atoms with Crippen molar-refractivity contribution in [1.82, 2.24) is 9.97 Å². The minimum atomic E-state index is -0.469. The Morgan fingerprint density at radius 1 is 0.966 bits per heavy atom. The fraction of sp³-hybridized carbons (Fsp3) is 0.300. The van der Waals surface area contributed by atoms with E-state index in [1.165, 1.54) is 33.5 Å². The highest BCUT2D eigenvalue weighted by Gasteiger charge is 2.29. The summed E-state index contributed by atoms with van der Waals surface area (Å²) < 4.78 is 21.3. The number of hydrogen-bond acceptors (Lipinski definition) is 9. The Bertz CT molecular complexity index is 945. The van der Waals surface area contributed by atoms with Gasteiger partial charge in [-0.15, -0.1) is 0 Å². The number of para-hydroxylation sites is 1. The number of Topliss-reactive ketones (excluding diaryl/α,β-unsaturated/α-hetero) is 2. The van der Waals surface area contributed by atoms with Gasteiger partial charge in [-0.3, -0.25) is 9.59 Å². The molecule has 0 unspecified atom stereocenters. The van der Waals surface area contributed by atoms with Gasteiger partial charge in [0.25, 0.3) is 0 Å². The lowest BCUT2D eigenvalue weighted by Gasteiger charge is -2.17. The first-order valence-electron chi connectivity index (χ1n) is 8.80. The van der Waals surface area contributed by atoms with Gasteiger partial charge in [0.05, 0.1) is 33.0 Å². The van der Waals surface area contributed by atoms with Crippen molar-refractivity contribution in [1.29, 1.82) is 0 Å². The third-order valence-corrected chi connectivity index (χ3v) is 4.33. The standard InChI is InChI=1S/C20H20N2O7/c1-26-14-9-4-6-11(18(25)17-12(23)7-5-8-13(17)24)19(14)29-20-21-15(27-2)10-16(22-20)28-3/h4,6,9-10,25H,5,7-8H2,1-3H3. The van der Waals surface area contributed by atoms with Crippen molar-refractivity contribution in [2.24, 2.45) is 0 Å². The van der Waals surface area contributed by atoms with Gasteiger partial charge in [-0.1, -0.05) is 6.07 Å². The van der Waals surface area contributed by atoms with Crippen LogP contribution < -0.4 is 18.9 Å². The monoisotopic (exact) mass is 400 g/mol. The fourth-order valence-electron chi connectivity index (χ4n) is 2.91. The van der Waals surface area contributed by atoms with Crippen LogP contribution in [0.5, 0.6) is 29.3 Å². The van der Waals surface area contributed by atoms with Gasteiger partial charge in [0, 0.05) is 12.8 Å². The molecule has 1 fully saturated rings. The highest BCUT2D eigenvalue weighted by atomic mass is 16.5. The molecular weight excluding hydrogens is 380 g/mol. The zero-order valence-corrected chi connectivity index (χ0v) is 16.2. The second-order valence-corrected chi connectivity index (χ2v) is 6.10.